The van der Waals surface area contributed by atoms with Gasteiger partial charge in [-0.05, 0) is 0 Å². The number of hydrogen-bond acceptors (Lipinski definition) is 21. The molecule has 2 aliphatic rings. The number of nitrogens with zero attached hydrogens (tertiary/aromatic N) is 5. The molecule has 0 spiro atoms. The normalized spacial score (nSPS) is 28.8. The molecule has 2 unspecified atom stereocenters. The molecule has 27 nitrogen and oxygen atoms in total. The van der Waals surface area contributed by atoms with E-state index in [0.29, 0.717) is 0 Å². The van der Waals surface area contributed by atoms with Crippen molar-refractivity contribution in [2.45, 2.75) is 55.2 Å². The van der Waals surface area contributed by atoms with Crippen LogP contribution in [-0.4, -0.2) is 128 Å². The first-order valence-electron chi connectivity index (χ1n) is 14.9. The molecule has 5 rings (SSSR count). The van der Waals surface area contributed by atoms with Gasteiger partial charge in [-0.1, -0.05) is 0 Å². The predicted octanol–water partition coefficient (Wildman–Crippen LogP) is -4.94. The summed E-state index contributed by atoms with van der Waals surface area (Å²) in [6.07, 6.45) is -11.3. The number of Topliss-reactive ketones (excluding diaryl/α,β-unsaturated/α-hetero) is 1. The van der Waals surface area contributed by atoms with Crippen LogP contribution in [0.3, 0.4) is 0 Å². The first-order valence-corrected chi connectivity index (χ1v) is 19.4. The average Bonchev–Trinajstić information content (AvgIpc) is 3.74. The van der Waals surface area contributed by atoms with Crippen molar-refractivity contribution in [3.05, 3.63) is 42.2 Å². The summed E-state index contributed by atoms with van der Waals surface area (Å²) in [6, 6.07) is 0.951. The highest BCUT2D eigenvalue weighted by Crippen LogP contribution is 2.58. The fraction of sp³-hybridized carbons (Fsp3) is 0.500. The van der Waals surface area contributed by atoms with Gasteiger partial charge in [-0.3, -0.25) is 27.8 Å². The number of primary amides is 1. The number of fused-ring (bicyclic) bond motifs is 1. The van der Waals surface area contributed by atoms with Gasteiger partial charge in [-0.15, -0.1) is 0 Å². The number of aromatic nitrogens is 5. The van der Waals surface area contributed by atoms with E-state index in [2.05, 4.69) is 32.8 Å². The number of carbonyl (C=O) groups is 2. The lowest BCUT2D eigenvalue weighted by molar-refractivity contribution is -0.765. The third kappa shape index (κ3) is 9.39. The number of aliphatic hydroxyl groups is 5. The summed E-state index contributed by atoms with van der Waals surface area (Å²) in [6.45, 7) is -3.38. The van der Waals surface area contributed by atoms with E-state index >= 15 is 0 Å². The molecule has 3 aromatic rings. The quantitative estimate of drug-likeness (QED) is 0.0477. The lowest BCUT2D eigenvalue weighted by Crippen LogP contribution is -2.47. The van der Waals surface area contributed by atoms with Gasteiger partial charge in [-0.2, -0.15) is 4.57 Å². The number of nitrogen functional groups attached to an aromatic ring is 1. The van der Waals surface area contributed by atoms with E-state index in [-0.39, 0.29) is 17.0 Å². The second-order valence-electron chi connectivity index (χ2n) is 11.5. The van der Waals surface area contributed by atoms with Crippen molar-refractivity contribution < 1.29 is 100 Å². The molecule has 0 radical (unpaired) electrons. The Balaban J connectivity index is 1.17. The smallest absolute Gasteiger partial charge is 0.478 e. The molecule has 0 aliphatic carbocycles. The summed E-state index contributed by atoms with van der Waals surface area (Å²) in [5, 5.41) is 52.4. The van der Waals surface area contributed by atoms with Gasteiger partial charge >= 0.3 is 15.6 Å². The maximum Gasteiger partial charge on any atom is 0.478 e. The SMILES string of the molecule is NC(=O)c1c[n+]([C@@H]2O[C@H](COP(=O)([O-])OP(=O)(O)OC[C@H]3O[C@@H](n4cnc5c(N)ncnc54)[C@H](O)[C@@H]3O)[C@@H](O)[C@H]2O)ccc1[C@@H](O)C(=O)COP(=O)(O)O. The van der Waals surface area contributed by atoms with E-state index in [1.165, 1.54) is 10.9 Å². The number of phosphoric acid groups is 3. The molecule has 54 heavy (non-hydrogen) atoms. The van der Waals surface area contributed by atoms with Gasteiger partial charge in [0, 0.05) is 11.6 Å². The molecule has 11 atom stereocenters. The number of hydrogen-bond donors (Lipinski definition) is 10. The molecule has 0 aromatic carbocycles. The minimum Gasteiger partial charge on any atom is -0.756 e. The number of ether oxygens (including phenoxy) is 2. The van der Waals surface area contributed by atoms with Gasteiger partial charge in [-0.25, -0.2) is 28.4 Å². The standard InChI is InChI=1S/C24H32N7O20P3/c25-20-14-22(28-7-27-20)31(8-29-14)24-19(37)17(35)13(50-24)6-48-54(44,45)51-53(42,43)47-5-12-16(34)18(36)23(49-12)30-2-1-9(10(3-30)21(26)38)15(33)11(32)4-46-52(39,40)41/h1-3,7-8,12-13,15-19,23-24,33-37H,4-6H2,(H7-,25,26,27,28,38,39,40,41,42,43,44,45)/t12-,13-,15-,16-,17-,18-,19-,23-,24-/m1/s1. The topological polar surface area (TPSA) is 425 Å². The maximum atomic E-state index is 12.5. The van der Waals surface area contributed by atoms with Gasteiger partial charge in [0.25, 0.3) is 20.0 Å². The zero-order valence-electron chi connectivity index (χ0n) is 26.9. The molecule has 3 aromatic heterocycles. The lowest BCUT2D eigenvalue weighted by atomic mass is 10.0. The number of anilines is 1. The van der Waals surface area contributed by atoms with Crippen LogP contribution >= 0.6 is 23.5 Å². The predicted molar refractivity (Wildman–Crippen MR) is 165 cm³/mol. The number of ketones is 1. The number of imidazole rings is 1. The highest BCUT2D eigenvalue weighted by atomic mass is 31.3. The van der Waals surface area contributed by atoms with Crippen LogP contribution in [0, 0.1) is 0 Å². The second-order valence-corrected chi connectivity index (χ2v) is 15.8. The Morgan fingerprint density at radius 2 is 1.61 bits per heavy atom. The van der Waals surface area contributed by atoms with E-state index < -0.39 is 121 Å². The molecule has 0 bridgehead atoms. The lowest BCUT2D eigenvalue weighted by Gasteiger charge is -2.26. The molecule has 1 amide bonds. The van der Waals surface area contributed by atoms with Crippen molar-refractivity contribution >= 4 is 52.1 Å². The third-order valence-electron chi connectivity index (χ3n) is 7.89. The minimum atomic E-state index is -5.78. The number of pyridine rings is 1. The molecular weight excluding hydrogens is 799 g/mol. The Morgan fingerprint density at radius 1 is 0.963 bits per heavy atom. The van der Waals surface area contributed by atoms with Crippen molar-refractivity contribution in [2.24, 2.45) is 5.73 Å². The molecule has 2 aliphatic heterocycles. The Morgan fingerprint density at radius 3 is 2.28 bits per heavy atom. The van der Waals surface area contributed by atoms with Gasteiger partial charge in [0.2, 0.25) is 0 Å². The van der Waals surface area contributed by atoms with Crippen LogP contribution in [0.2, 0.25) is 0 Å². The van der Waals surface area contributed by atoms with E-state index in [9.17, 15) is 58.6 Å². The maximum absolute atomic E-state index is 12.5. The van der Waals surface area contributed by atoms with Crippen molar-refractivity contribution in [3.8, 4) is 0 Å². The Labute approximate surface area is 300 Å². The number of nitrogens with two attached hydrogens (primary N) is 2. The second kappa shape index (κ2) is 16.1. The highest BCUT2D eigenvalue weighted by molar-refractivity contribution is 7.60. The number of phosphoric ester groups is 3. The van der Waals surface area contributed by atoms with Crippen LogP contribution in [0.25, 0.3) is 11.2 Å². The summed E-state index contributed by atoms with van der Waals surface area (Å²) < 4.78 is 66.3. The Kier molecular flexibility index (Phi) is 12.5. The van der Waals surface area contributed by atoms with E-state index in [0.717, 1.165) is 29.4 Å². The summed E-state index contributed by atoms with van der Waals surface area (Å²) in [5.41, 5.74) is 10.4. The summed E-state index contributed by atoms with van der Waals surface area (Å²) in [4.78, 5) is 76.1. The molecule has 5 heterocycles. The first-order chi connectivity index (χ1) is 25.1. The van der Waals surface area contributed by atoms with Gasteiger partial charge < -0.3 is 70.6 Å². The van der Waals surface area contributed by atoms with Crippen LogP contribution in [0.1, 0.15) is 34.5 Å². The van der Waals surface area contributed by atoms with Crippen LogP contribution in [0.5, 0.6) is 0 Å². The first kappa shape index (κ1) is 41.9. The van der Waals surface area contributed by atoms with E-state index in [1.807, 2.05) is 0 Å². The highest BCUT2D eigenvalue weighted by Gasteiger charge is 2.50. The van der Waals surface area contributed by atoms with Crippen LogP contribution in [-0.2, 0) is 45.8 Å². The largest absolute Gasteiger partial charge is 0.756 e. The zero-order chi connectivity index (χ0) is 39.9. The summed E-state index contributed by atoms with van der Waals surface area (Å²) in [7, 11) is -16.4. The number of aliphatic hydroxyl groups excluding tert-OH is 5. The van der Waals surface area contributed by atoms with Crippen LogP contribution in [0.4, 0.5) is 5.82 Å². The molecule has 2 saturated heterocycles. The molecular formula is C24H32N7O20P3. The monoisotopic (exact) mass is 831 g/mol. The molecule has 0 saturated carbocycles. The number of carbonyl (C=O) groups excluding carboxylic acids is 2. The Hall–Kier alpha value is -3.27. The molecule has 30 heteroatoms. The van der Waals surface area contributed by atoms with Gasteiger partial charge in [0.05, 0.1) is 19.5 Å². The minimum absolute atomic E-state index is 0.00802. The Bertz CT molecular complexity index is 2030. The van der Waals surface area contributed by atoms with E-state index in [4.69, 9.17) is 30.7 Å². The van der Waals surface area contributed by atoms with Crippen molar-refractivity contribution in [2.75, 3.05) is 25.6 Å². The fourth-order valence-electron chi connectivity index (χ4n) is 5.30. The number of rotatable bonds is 16. The van der Waals surface area contributed by atoms with Crippen molar-refractivity contribution in [1.29, 1.82) is 0 Å². The van der Waals surface area contributed by atoms with Gasteiger partial charge in [0.15, 0.2) is 42.0 Å². The molecule has 2 fully saturated rings. The van der Waals surface area contributed by atoms with Crippen LogP contribution in [0.15, 0.2) is 31.1 Å². The fourth-order valence-corrected chi connectivity index (χ4v) is 7.65. The zero-order valence-corrected chi connectivity index (χ0v) is 29.6. The summed E-state index contributed by atoms with van der Waals surface area (Å²) in [5.74, 6) is -2.50. The van der Waals surface area contributed by atoms with Crippen LogP contribution < -0.4 is 20.9 Å². The summed E-state index contributed by atoms with van der Waals surface area (Å²) >= 11 is 0. The van der Waals surface area contributed by atoms with E-state index in [1.54, 1.807) is 0 Å². The average molecular weight is 831 g/mol. The molecule has 12 N–H and O–H groups in total. The van der Waals surface area contributed by atoms with Crippen molar-refractivity contribution in [1.82, 2.24) is 19.5 Å². The third-order valence-corrected chi connectivity index (χ3v) is 10.9. The number of amides is 1. The van der Waals surface area contributed by atoms with Crippen molar-refractivity contribution in [3.63, 3.8) is 0 Å². The van der Waals surface area contributed by atoms with Gasteiger partial charge in [0.1, 0.15) is 60.6 Å². The molecule has 298 valence electrons.